The number of carbonyl (C=O) groups is 1. The molecule has 0 aliphatic carbocycles. The van der Waals surface area contributed by atoms with E-state index < -0.39 is 0 Å². The van der Waals surface area contributed by atoms with Gasteiger partial charge in [0.15, 0.2) is 0 Å². The van der Waals surface area contributed by atoms with Crippen molar-refractivity contribution in [2.24, 2.45) is 0 Å². The number of benzene rings is 1. The second kappa shape index (κ2) is 6.94. The highest BCUT2D eigenvalue weighted by molar-refractivity contribution is 5.91. The monoisotopic (exact) mass is 290 g/mol. The highest BCUT2D eigenvalue weighted by atomic mass is 16.5. The van der Waals surface area contributed by atoms with Crippen LogP contribution in [0.2, 0.25) is 0 Å². The van der Waals surface area contributed by atoms with Gasteiger partial charge in [0, 0.05) is 24.5 Å². The minimum Gasteiger partial charge on any atom is -0.372 e. The molecule has 2 rings (SSSR count). The lowest BCUT2D eigenvalue weighted by molar-refractivity contribution is -0.125. The fourth-order valence-corrected chi connectivity index (χ4v) is 2.39. The van der Waals surface area contributed by atoms with E-state index in [1.54, 1.807) is 0 Å². The summed E-state index contributed by atoms with van der Waals surface area (Å²) < 4.78 is 5.46. The third-order valence-electron chi connectivity index (χ3n) is 3.51. The topological polar surface area (TPSA) is 41.6 Å². The number of carbonyl (C=O) groups excluding carboxylic acids is 1. The zero-order valence-electron chi connectivity index (χ0n) is 13.3. The molecule has 1 heterocycles. The zero-order valence-corrected chi connectivity index (χ0v) is 13.3. The molecule has 0 unspecified atom stereocenters. The van der Waals surface area contributed by atoms with E-state index in [-0.39, 0.29) is 18.1 Å². The Balaban J connectivity index is 1.85. The van der Waals surface area contributed by atoms with Crippen molar-refractivity contribution in [3.05, 3.63) is 24.3 Å². The molecule has 0 saturated carbocycles. The first-order valence-corrected chi connectivity index (χ1v) is 7.73. The molecule has 116 valence electrons. The Morgan fingerprint density at radius 2 is 1.76 bits per heavy atom. The van der Waals surface area contributed by atoms with Crippen LogP contribution in [-0.4, -0.2) is 31.2 Å². The Bertz CT molecular complexity index is 457. The summed E-state index contributed by atoms with van der Waals surface area (Å²) in [5.74, 6) is -0.115. The lowest BCUT2D eigenvalue weighted by Gasteiger charge is -2.28. The summed E-state index contributed by atoms with van der Waals surface area (Å²) >= 11 is 0. The molecule has 1 aliphatic heterocycles. The van der Waals surface area contributed by atoms with Crippen LogP contribution in [0.15, 0.2) is 24.3 Å². The van der Waals surface area contributed by atoms with Crippen molar-refractivity contribution in [3.63, 3.8) is 0 Å². The lowest BCUT2D eigenvalue weighted by Crippen LogP contribution is -2.29. The van der Waals surface area contributed by atoms with E-state index in [2.05, 4.69) is 22.3 Å². The number of hydrogen-bond donors (Lipinski definition) is 1. The molecule has 1 aromatic rings. The molecule has 4 nitrogen and oxygen atoms in total. The summed E-state index contributed by atoms with van der Waals surface area (Å²) in [7, 11) is 0. The number of rotatable bonds is 4. The smallest absolute Gasteiger partial charge is 0.250 e. The normalized spacial score (nSPS) is 15.9. The first kappa shape index (κ1) is 15.8. The number of anilines is 2. The van der Waals surface area contributed by atoms with Gasteiger partial charge in [-0.25, -0.2) is 0 Å². The van der Waals surface area contributed by atoms with E-state index in [0.29, 0.717) is 0 Å². The van der Waals surface area contributed by atoms with E-state index in [1.165, 1.54) is 24.9 Å². The quantitative estimate of drug-likeness (QED) is 0.923. The molecule has 0 atom stereocenters. The molecular formula is C17H26N2O2. The van der Waals surface area contributed by atoms with Crippen LogP contribution in [0.25, 0.3) is 0 Å². The van der Waals surface area contributed by atoms with E-state index in [1.807, 2.05) is 32.9 Å². The first-order valence-electron chi connectivity index (χ1n) is 7.73. The maximum atomic E-state index is 11.8. The Morgan fingerprint density at radius 3 is 2.33 bits per heavy atom. The van der Waals surface area contributed by atoms with Crippen LogP contribution in [0, 0.1) is 0 Å². The van der Waals surface area contributed by atoms with Crippen LogP contribution in [0.4, 0.5) is 11.4 Å². The Hall–Kier alpha value is -1.55. The Morgan fingerprint density at radius 1 is 1.14 bits per heavy atom. The van der Waals surface area contributed by atoms with E-state index >= 15 is 0 Å². The van der Waals surface area contributed by atoms with Crippen molar-refractivity contribution in [1.29, 1.82) is 0 Å². The van der Waals surface area contributed by atoms with Crippen LogP contribution in [0.3, 0.4) is 0 Å². The van der Waals surface area contributed by atoms with Crippen molar-refractivity contribution in [3.8, 4) is 0 Å². The Labute approximate surface area is 127 Å². The molecule has 1 aliphatic rings. The van der Waals surface area contributed by atoms with Gasteiger partial charge in [0.2, 0.25) is 5.91 Å². The summed E-state index contributed by atoms with van der Waals surface area (Å²) in [6.45, 7) is 8.16. The molecule has 21 heavy (non-hydrogen) atoms. The van der Waals surface area contributed by atoms with Crippen molar-refractivity contribution >= 4 is 17.3 Å². The van der Waals surface area contributed by atoms with Crippen LogP contribution in [-0.2, 0) is 9.53 Å². The van der Waals surface area contributed by atoms with Gasteiger partial charge in [-0.3, -0.25) is 4.79 Å². The Kier molecular flexibility index (Phi) is 5.23. The SMILES string of the molecule is CC(C)(C)OCC(=O)Nc1ccc(N2CCCCC2)cc1. The van der Waals surface area contributed by atoms with Crippen molar-refractivity contribution in [2.45, 2.75) is 45.6 Å². The number of nitrogens with zero attached hydrogens (tertiary/aromatic N) is 1. The second-order valence-electron chi connectivity index (χ2n) is 6.54. The van der Waals surface area contributed by atoms with Gasteiger partial charge in [-0.1, -0.05) is 0 Å². The molecule has 4 heteroatoms. The van der Waals surface area contributed by atoms with Crippen molar-refractivity contribution in [2.75, 3.05) is 29.9 Å². The number of ether oxygens (including phenoxy) is 1. The second-order valence-corrected chi connectivity index (χ2v) is 6.54. The van der Waals surface area contributed by atoms with Gasteiger partial charge in [-0.05, 0) is 64.3 Å². The predicted molar refractivity (Wildman–Crippen MR) is 86.8 cm³/mol. The van der Waals surface area contributed by atoms with Gasteiger partial charge in [0.1, 0.15) is 6.61 Å². The third kappa shape index (κ3) is 5.38. The molecular weight excluding hydrogens is 264 g/mol. The third-order valence-corrected chi connectivity index (χ3v) is 3.51. The van der Waals surface area contributed by atoms with Gasteiger partial charge >= 0.3 is 0 Å². The molecule has 0 radical (unpaired) electrons. The van der Waals surface area contributed by atoms with Crippen molar-refractivity contribution < 1.29 is 9.53 Å². The van der Waals surface area contributed by atoms with E-state index in [4.69, 9.17) is 4.74 Å². The zero-order chi connectivity index (χ0) is 15.3. The van der Waals surface area contributed by atoms with E-state index in [9.17, 15) is 4.79 Å². The van der Waals surface area contributed by atoms with Crippen LogP contribution >= 0.6 is 0 Å². The maximum absolute atomic E-state index is 11.8. The summed E-state index contributed by atoms with van der Waals surface area (Å²) in [6.07, 6.45) is 3.86. The van der Waals surface area contributed by atoms with Crippen molar-refractivity contribution in [1.82, 2.24) is 0 Å². The summed E-state index contributed by atoms with van der Waals surface area (Å²) in [5, 5.41) is 2.86. The number of nitrogens with one attached hydrogen (secondary N) is 1. The minimum atomic E-state index is -0.296. The van der Waals surface area contributed by atoms with Crippen LogP contribution in [0.1, 0.15) is 40.0 Å². The van der Waals surface area contributed by atoms with Crippen LogP contribution in [0.5, 0.6) is 0 Å². The predicted octanol–water partition coefficient (Wildman–Crippen LogP) is 3.43. The molecule has 0 spiro atoms. The molecule has 1 saturated heterocycles. The fourth-order valence-electron chi connectivity index (χ4n) is 2.39. The van der Waals surface area contributed by atoms with Gasteiger partial charge in [-0.15, -0.1) is 0 Å². The number of piperidine rings is 1. The fraction of sp³-hybridized carbons (Fsp3) is 0.588. The maximum Gasteiger partial charge on any atom is 0.250 e. The van der Waals surface area contributed by atoms with Gasteiger partial charge < -0.3 is 15.0 Å². The average molecular weight is 290 g/mol. The molecule has 1 N–H and O–H groups in total. The number of hydrogen-bond acceptors (Lipinski definition) is 3. The standard InChI is InChI=1S/C17H26N2O2/c1-17(2,3)21-13-16(20)18-14-7-9-15(10-8-14)19-11-5-4-6-12-19/h7-10H,4-6,11-13H2,1-3H3,(H,18,20). The summed E-state index contributed by atoms with van der Waals surface area (Å²) in [5.41, 5.74) is 1.76. The highest BCUT2D eigenvalue weighted by Crippen LogP contribution is 2.21. The minimum absolute atomic E-state index is 0.0807. The molecule has 1 amide bonds. The largest absolute Gasteiger partial charge is 0.372 e. The van der Waals surface area contributed by atoms with Gasteiger partial charge in [-0.2, -0.15) is 0 Å². The first-order chi connectivity index (χ1) is 9.94. The molecule has 1 fully saturated rings. The molecule has 0 aromatic heterocycles. The molecule has 0 bridgehead atoms. The summed E-state index contributed by atoms with van der Waals surface area (Å²) in [6, 6.07) is 8.06. The molecule has 1 aromatic carbocycles. The lowest BCUT2D eigenvalue weighted by atomic mass is 10.1. The number of amides is 1. The van der Waals surface area contributed by atoms with E-state index in [0.717, 1.165) is 18.8 Å². The van der Waals surface area contributed by atoms with Gasteiger partial charge in [0.05, 0.1) is 5.60 Å². The summed E-state index contributed by atoms with van der Waals surface area (Å²) in [4.78, 5) is 14.2. The van der Waals surface area contributed by atoms with Gasteiger partial charge in [0.25, 0.3) is 0 Å². The highest BCUT2D eigenvalue weighted by Gasteiger charge is 2.13. The van der Waals surface area contributed by atoms with Crippen LogP contribution < -0.4 is 10.2 Å². The average Bonchev–Trinajstić information content (AvgIpc) is 2.46.